The van der Waals surface area contributed by atoms with Crippen molar-refractivity contribution >= 4 is 28.5 Å². The highest BCUT2D eigenvalue weighted by Gasteiger charge is 2.15. The lowest BCUT2D eigenvalue weighted by molar-refractivity contribution is 0.0524. The molecule has 0 aliphatic rings. The number of esters is 1. The Morgan fingerprint density at radius 3 is 2.72 bits per heavy atom. The van der Waals surface area contributed by atoms with Gasteiger partial charge in [0.2, 0.25) is 5.43 Å². The Morgan fingerprint density at radius 2 is 2.04 bits per heavy atom. The van der Waals surface area contributed by atoms with E-state index < -0.39 is 11.4 Å². The van der Waals surface area contributed by atoms with Crippen LogP contribution >= 0.6 is 0 Å². The quantitative estimate of drug-likeness (QED) is 0.711. The Balaban J connectivity index is 1.97. The van der Waals surface area contributed by atoms with Crippen molar-refractivity contribution in [1.29, 1.82) is 0 Å². The molecule has 0 saturated heterocycles. The van der Waals surface area contributed by atoms with E-state index in [0.717, 1.165) is 0 Å². The van der Waals surface area contributed by atoms with Gasteiger partial charge in [-0.25, -0.2) is 4.79 Å². The average Bonchev–Trinajstić information content (AvgIpc) is 3.02. The summed E-state index contributed by atoms with van der Waals surface area (Å²) in [6, 6.07) is 6.40. The molecule has 7 nitrogen and oxygen atoms in total. The number of carbonyl (C=O) groups is 2. The SMILES string of the molecule is CCOC(=O)c1c[nH]c2ccc(NC(=O)c3ccoc3C)cc2c1=O. The number of carbonyl (C=O) groups excluding carboxylic acids is 2. The number of ether oxygens (including phenoxy) is 1. The molecule has 7 heteroatoms. The predicted molar refractivity (Wildman–Crippen MR) is 91.9 cm³/mol. The first-order chi connectivity index (χ1) is 12.0. The van der Waals surface area contributed by atoms with Gasteiger partial charge in [0.25, 0.3) is 5.91 Å². The molecule has 0 bridgehead atoms. The van der Waals surface area contributed by atoms with Crippen LogP contribution in [0.1, 0.15) is 33.4 Å². The molecule has 3 aromatic rings. The van der Waals surface area contributed by atoms with Crippen molar-refractivity contribution < 1.29 is 18.7 Å². The van der Waals surface area contributed by atoms with E-state index in [4.69, 9.17) is 9.15 Å². The normalized spacial score (nSPS) is 10.6. The molecule has 0 fully saturated rings. The zero-order chi connectivity index (χ0) is 18.0. The Morgan fingerprint density at radius 1 is 1.24 bits per heavy atom. The molecule has 128 valence electrons. The third kappa shape index (κ3) is 3.16. The molecule has 1 amide bonds. The summed E-state index contributed by atoms with van der Waals surface area (Å²) in [4.78, 5) is 39.5. The Kier molecular flexibility index (Phi) is 4.38. The van der Waals surface area contributed by atoms with Crippen molar-refractivity contribution in [1.82, 2.24) is 4.98 Å². The fourth-order valence-corrected chi connectivity index (χ4v) is 2.48. The average molecular weight is 340 g/mol. The van der Waals surface area contributed by atoms with Gasteiger partial charge < -0.3 is 19.5 Å². The first-order valence-electron chi connectivity index (χ1n) is 7.69. The summed E-state index contributed by atoms with van der Waals surface area (Å²) in [5.41, 5.74) is 0.862. The van der Waals surface area contributed by atoms with Crippen molar-refractivity contribution in [3.63, 3.8) is 0 Å². The lowest BCUT2D eigenvalue weighted by atomic mass is 10.1. The highest BCUT2D eigenvalue weighted by Crippen LogP contribution is 2.18. The maximum Gasteiger partial charge on any atom is 0.343 e. The van der Waals surface area contributed by atoms with Crippen LogP contribution in [-0.2, 0) is 4.74 Å². The van der Waals surface area contributed by atoms with Crippen LogP contribution in [0.4, 0.5) is 5.69 Å². The second kappa shape index (κ2) is 6.64. The number of amides is 1. The topological polar surface area (TPSA) is 101 Å². The number of fused-ring (bicyclic) bond motifs is 1. The fraction of sp³-hybridized carbons (Fsp3) is 0.167. The standard InChI is InChI=1S/C18H16N2O5/c1-3-24-18(23)14-9-19-15-5-4-11(8-13(15)16(14)21)20-17(22)12-6-7-25-10(12)2/h4-9H,3H2,1-2H3,(H,19,21)(H,20,22). The summed E-state index contributed by atoms with van der Waals surface area (Å²) >= 11 is 0. The number of aromatic nitrogens is 1. The molecule has 0 aliphatic heterocycles. The molecule has 3 rings (SSSR count). The number of pyridine rings is 1. The zero-order valence-electron chi connectivity index (χ0n) is 13.7. The fourth-order valence-electron chi connectivity index (χ4n) is 2.48. The van der Waals surface area contributed by atoms with Crippen LogP contribution in [0.25, 0.3) is 10.9 Å². The van der Waals surface area contributed by atoms with E-state index in [1.54, 1.807) is 32.0 Å². The van der Waals surface area contributed by atoms with Gasteiger partial charge in [0, 0.05) is 22.8 Å². The summed E-state index contributed by atoms with van der Waals surface area (Å²) in [5.74, 6) is -0.529. The molecule has 2 N–H and O–H groups in total. The smallest absolute Gasteiger partial charge is 0.343 e. The highest BCUT2D eigenvalue weighted by atomic mass is 16.5. The van der Waals surface area contributed by atoms with E-state index in [1.165, 1.54) is 18.5 Å². The van der Waals surface area contributed by atoms with E-state index in [2.05, 4.69) is 10.3 Å². The zero-order valence-corrected chi connectivity index (χ0v) is 13.7. The van der Waals surface area contributed by atoms with Gasteiger partial charge in [0.15, 0.2) is 0 Å². The monoisotopic (exact) mass is 340 g/mol. The summed E-state index contributed by atoms with van der Waals surface area (Å²) < 4.78 is 9.99. The van der Waals surface area contributed by atoms with Crippen LogP contribution in [0, 0.1) is 6.92 Å². The van der Waals surface area contributed by atoms with E-state index in [0.29, 0.717) is 22.5 Å². The lowest BCUT2D eigenvalue weighted by Crippen LogP contribution is -2.18. The first kappa shape index (κ1) is 16.5. The number of aryl methyl sites for hydroxylation is 1. The van der Waals surface area contributed by atoms with Crippen molar-refractivity contribution in [3.05, 3.63) is 63.8 Å². The molecule has 2 aromatic heterocycles. The number of anilines is 1. The Labute approximate surface area is 142 Å². The molecule has 0 unspecified atom stereocenters. The maximum atomic E-state index is 12.5. The molecule has 2 heterocycles. The summed E-state index contributed by atoms with van der Waals surface area (Å²) in [6.45, 7) is 3.53. The molecule has 0 saturated carbocycles. The van der Waals surface area contributed by atoms with E-state index in [1.807, 2.05) is 0 Å². The van der Waals surface area contributed by atoms with Crippen LogP contribution < -0.4 is 10.7 Å². The molecule has 0 aliphatic carbocycles. The minimum atomic E-state index is -0.686. The molecular weight excluding hydrogens is 324 g/mol. The van der Waals surface area contributed by atoms with Crippen LogP contribution in [0.3, 0.4) is 0 Å². The third-order valence-electron chi connectivity index (χ3n) is 3.74. The van der Waals surface area contributed by atoms with Gasteiger partial charge in [-0.15, -0.1) is 0 Å². The first-order valence-corrected chi connectivity index (χ1v) is 7.69. The molecule has 0 radical (unpaired) electrons. The Bertz CT molecular complexity index is 1020. The Hall–Kier alpha value is -3.35. The molecule has 0 spiro atoms. The number of hydrogen-bond acceptors (Lipinski definition) is 5. The van der Waals surface area contributed by atoms with E-state index in [-0.39, 0.29) is 23.5 Å². The van der Waals surface area contributed by atoms with Gasteiger partial charge in [0.05, 0.1) is 18.4 Å². The number of furan rings is 1. The van der Waals surface area contributed by atoms with Crippen molar-refractivity contribution in [2.24, 2.45) is 0 Å². The summed E-state index contributed by atoms with van der Waals surface area (Å²) in [7, 11) is 0. The minimum Gasteiger partial charge on any atom is -0.469 e. The lowest BCUT2D eigenvalue weighted by Gasteiger charge is -2.07. The predicted octanol–water partition coefficient (Wildman–Crippen LogP) is 2.86. The number of rotatable bonds is 4. The summed E-state index contributed by atoms with van der Waals surface area (Å²) in [5, 5.41) is 2.99. The van der Waals surface area contributed by atoms with Crippen LogP contribution in [0.5, 0.6) is 0 Å². The molecule has 0 atom stereocenters. The molecular formula is C18H16N2O5. The van der Waals surface area contributed by atoms with Gasteiger partial charge in [0.1, 0.15) is 11.3 Å². The van der Waals surface area contributed by atoms with Crippen LogP contribution in [0.15, 0.2) is 45.9 Å². The second-order valence-corrected chi connectivity index (χ2v) is 5.36. The second-order valence-electron chi connectivity index (χ2n) is 5.36. The third-order valence-corrected chi connectivity index (χ3v) is 3.74. The van der Waals surface area contributed by atoms with Gasteiger partial charge in [-0.2, -0.15) is 0 Å². The van der Waals surface area contributed by atoms with Gasteiger partial charge in [-0.3, -0.25) is 9.59 Å². The number of H-pyrrole nitrogens is 1. The van der Waals surface area contributed by atoms with Crippen LogP contribution in [-0.4, -0.2) is 23.5 Å². The molecule has 25 heavy (non-hydrogen) atoms. The van der Waals surface area contributed by atoms with Gasteiger partial charge in [-0.05, 0) is 38.1 Å². The van der Waals surface area contributed by atoms with Crippen molar-refractivity contribution in [2.45, 2.75) is 13.8 Å². The molecule has 1 aromatic carbocycles. The van der Waals surface area contributed by atoms with Gasteiger partial charge in [-0.1, -0.05) is 0 Å². The van der Waals surface area contributed by atoms with Gasteiger partial charge >= 0.3 is 5.97 Å². The van der Waals surface area contributed by atoms with E-state index >= 15 is 0 Å². The minimum absolute atomic E-state index is 0.0801. The highest BCUT2D eigenvalue weighted by molar-refractivity contribution is 6.05. The number of hydrogen-bond donors (Lipinski definition) is 2. The van der Waals surface area contributed by atoms with Crippen molar-refractivity contribution in [3.8, 4) is 0 Å². The number of aromatic amines is 1. The largest absolute Gasteiger partial charge is 0.469 e. The number of benzene rings is 1. The van der Waals surface area contributed by atoms with Crippen LogP contribution in [0.2, 0.25) is 0 Å². The summed E-state index contributed by atoms with van der Waals surface area (Å²) in [6.07, 6.45) is 2.76. The number of nitrogens with one attached hydrogen (secondary N) is 2. The van der Waals surface area contributed by atoms with Crippen molar-refractivity contribution in [2.75, 3.05) is 11.9 Å². The maximum absolute atomic E-state index is 12.5. The van der Waals surface area contributed by atoms with E-state index in [9.17, 15) is 14.4 Å².